The second-order valence-corrected chi connectivity index (χ2v) is 3.69. The molecule has 0 spiro atoms. The Hall–Kier alpha value is -1.55. The maximum Gasteiger partial charge on any atom is 0.248 e. The van der Waals surface area contributed by atoms with Crippen molar-refractivity contribution >= 4 is 5.91 Å². The maximum atomic E-state index is 11.7. The summed E-state index contributed by atoms with van der Waals surface area (Å²) in [7, 11) is 3.16. The van der Waals surface area contributed by atoms with E-state index in [0.717, 1.165) is 11.3 Å². The highest BCUT2D eigenvalue weighted by molar-refractivity contribution is 5.77. The molecule has 0 unspecified atom stereocenters. The summed E-state index contributed by atoms with van der Waals surface area (Å²) in [4.78, 5) is 13.4. The van der Waals surface area contributed by atoms with E-state index in [1.807, 2.05) is 31.2 Å². The van der Waals surface area contributed by atoms with Gasteiger partial charge in [0.05, 0.1) is 7.11 Å². The van der Waals surface area contributed by atoms with Crippen molar-refractivity contribution in [2.24, 2.45) is 0 Å². The topological polar surface area (TPSA) is 38.8 Å². The van der Waals surface area contributed by atoms with Gasteiger partial charge in [0, 0.05) is 20.2 Å². The van der Waals surface area contributed by atoms with Crippen LogP contribution in [0.5, 0.6) is 5.75 Å². The van der Waals surface area contributed by atoms with Gasteiger partial charge in [-0.15, -0.1) is 0 Å². The van der Waals surface area contributed by atoms with Crippen LogP contribution in [0.3, 0.4) is 0 Å². The highest BCUT2D eigenvalue weighted by atomic mass is 16.5. The third-order valence-corrected chi connectivity index (χ3v) is 2.53. The molecule has 1 aromatic carbocycles. The number of nitrogens with zero attached hydrogens (tertiary/aromatic N) is 1. The molecular weight excluding hydrogens is 218 g/mol. The Kier molecular flexibility index (Phi) is 5.49. The SMILES string of the molecule is CCN(Cc1ccc(OC)cc1)C(=O)COC. The number of benzene rings is 1. The van der Waals surface area contributed by atoms with Crippen molar-refractivity contribution in [2.45, 2.75) is 13.5 Å². The summed E-state index contributed by atoms with van der Waals surface area (Å²) in [6.45, 7) is 3.36. The van der Waals surface area contributed by atoms with Crippen LogP contribution < -0.4 is 4.74 Å². The summed E-state index contributed by atoms with van der Waals surface area (Å²) in [5.41, 5.74) is 1.08. The molecule has 17 heavy (non-hydrogen) atoms. The Bertz CT molecular complexity index is 348. The van der Waals surface area contributed by atoms with Gasteiger partial charge < -0.3 is 14.4 Å². The van der Waals surface area contributed by atoms with Gasteiger partial charge in [-0.25, -0.2) is 0 Å². The smallest absolute Gasteiger partial charge is 0.248 e. The standard InChI is InChI=1S/C13H19NO3/c1-4-14(13(15)10-16-2)9-11-5-7-12(17-3)8-6-11/h5-8H,4,9-10H2,1-3H3. The van der Waals surface area contributed by atoms with Crippen LogP contribution in [0, 0.1) is 0 Å². The van der Waals surface area contributed by atoms with Crippen LogP contribution >= 0.6 is 0 Å². The minimum absolute atomic E-state index is 0.00539. The molecule has 1 amide bonds. The molecule has 4 nitrogen and oxygen atoms in total. The van der Waals surface area contributed by atoms with Crippen LogP contribution in [0.25, 0.3) is 0 Å². The summed E-state index contributed by atoms with van der Waals surface area (Å²) in [6.07, 6.45) is 0. The monoisotopic (exact) mass is 237 g/mol. The molecule has 0 aliphatic carbocycles. The van der Waals surface area contributed by atoms with Crippen LogP contribution in [-0.2, 0) is 16.1 Å². The van der Waals surface area contributed by atoms with E-state index in [-0.39, 0.29) is 12.5 Å². The van der Waals surface area contributed by atoms with Gasteiger partial charge in [-0.3, -0.25) is 4.79 Å². The first-order valence-electron chi connectivity index (χ1n) is 5.61. The molecule has 0 bridgehead atoms. The summed E-state index contributed by atoms with van der Waals surface area (Å²) in [5.74, 6) is 0.825. The number of carbonyl (C=O) groups is 1. The van der Waals surface area contributed by atoms with Gasteiger partial charge in [0.15, 0.2) is 0 Å². The van der Waals surface area contributed by atoms with Crippen molar-refractivity contribution in [2.75, 3.05) is 27.4 Å². The highest BCUT2D eigenvalue weighted by Crippen LogP contribution is 2.13. The minimum atomic E-state index is 0.00539. The number of hydrogen-bond donors (Lipinski definition) is 0. The molecule has 0 saturated carbocycles. The predicted octanol–water partition coefficient (Wildman–Crippen LogP) is 1.69. The second-order valence-electron chi connectivity index (χ2n) is 3.69. The first-order chi connectivity index (χ1) is 8.21. The predicted molar refractivity (Wildman–Crippen MR) is 66.0 cm³/mol. The number of rotatable bonds is 6. The van der Waals surface area contributed by atoms with Crippen molar-refractivity contribution in [1.29, 1.82) is 0 Å². The maximum absolute atomic E-state index is 11.7. The summed E-state index contributed by atoms with van der Waals surface area (Å²) in [5, 5.41) is 0. The number of carbonyl (C=O) groups excluding carboxylic acids is 1. The van der Waals surface area contributed by atoms with Crippen LogP contribution in [0.15, 0.2) is 24.3 Å². The largest absolute Gasteiger partial charge is 0.497 e. The molecule has 1 rings (SSSR count). The van der Waals surface area contributed by atoms with E-state index in [1.54, 1.807) is 12.0 Å². The van der Waals surface area contributed by atoms with E-state index in [2.05, 4.69) is 0 Å². The van der Waals surface area contributed by atoms with Gasteiger partial charge in [-0.1, -0.05) is 12.1 Å². The lowest BCUT2D eigenvalue weighted by Crippen LogP contribution is -2.33. The molecule has 0 fully saturated rings. The zero-order valence-corrected chi connectivity index (χ0v) is 10.6. The lowest BCUT2D eigenvalue weighted by atomic mass is 10.2. The van der Waals surface area contributed by atoms with Crippen molar-refractivity contribution in [1.82, 2.24) is 4.90 Å². The Morgan fingerprint density at radius 3 is 2.35 bits per heavy atom. The van der Waals surface area contributed by atoms with E-state index in [9.17, 15) is 4.79 Å². The van der Waals surface area contributed by atoms with E-state index in [1.165, 1.54) is 7.11 Å². The van der Waals surface area contributed by atoms with E-state index in [0.29, 0.717) is 13.1 Å². The summed E-state index contributed by atoms with van der Waals surface area (Å²) < 4.78 is 9.94. The molecule has 0 aliphatic heterocycles. The fourth-order valence-electron chi connectivity index (χ4n) is 1.54. The van der Waals surface area contributed by atoms with Crippen molar-refractivity contribution in [3.8, 4) is 5.75 Å². The molecular formula is C13H19NO3. The highest BCUT2D eigenvalue weighted by Gasteiger charge is 2.11. The van der Waals surface area contributed by atoms with Gasteiger partial charge in [-0.2, -0.15) is 0 Å². The van der Waals surface area contributed by atoms with Gasteiger partial charge in [0.1, 0.15) is 12.4 Å². The Balaban J connectivity index is 2.63. The van der Waals surface area contributed by atoms with Crippen molar-refractivity contribution in [3.63, 3.8) is 0 Å². The summed E-state index contributed by atoms with van der Waals surface area (Å²) >= 11 is 0. The van der Waals surface area contributed by atoms with E-state index < -0.39 is 0 Å². The minimum Gasteiger partial charge on any atom is -0.497 e. The number of ether oxygens (including phenoxy) is 2. The zero-order chi connectivity index (χ0) is 12.7. The van der Waals surface area contributed by atoms with Crippen LogP contribution in [0.1, 0.15) is 12.5 Å². The fourth-order valence-corrected chi connectivity index (χ4v) is 1.54. The Labute approximate surface area is 102 Å². The molecule has 0 heterocycles. The quantitative estimate of drug-likeness (QED) is 0.755. The fraction of sp³-hybridized carbons (Fsp3) is 0.462. The number of methoxy groups -OCH3 is 2. The lowest BCUT2D eigenvalue weighted by Gasteiger charge is -2.20. The molecule has 0 atom stereocenters. The van der Waals surface area contributed by atoms with Gasteiger partial charge in [0.25, 0.3) is 0 Å². The van der Waals surface area contributed by atoms with Crippen LogP contribution in [0.2, 0.25) is 0 Å². The molecule has 4 heteroatoms. The molecule has 0 aromatic heterocycles. The van der Waals surface area contributed by atoms with Gasteiger partial charge in [-0.05, 0) is 24.6 Å². The lowest BCUT2D eigenvalue weighted by molar-refractivity contribution is -0.135. The number of amides is 1. The van der Waals surface area contributed by atoms with Gasteiger partial charge >= 0.3 is 0 Å². The molecule has 0 saturated heterocycles. The molecule has 0 radical (unpaired) electrons. The normalized spacial score (nSPS) is 10.1. The van der Waals surface area contributed by atoms with E-state index in [4.69, 9.17) is 9.47 Å². The van der Waals surface area contributed by atoms with Crippen molar-refractivity contribution in [3.05, 3.63) is 29.8 Å². The number of hydrogen-bond acceptors (Lipinski definition) is 3. The van der Waals surface area contributed by atoms with E-state index >= 15 is 0 Å². The first kappa shape index (κ1) is 13.5. The average Bonchev–Trinajstić information content (AvgIpc) is 2.37. The molecule has 0 N–H and O–H groups in total. The molecule has 0 aliphatic rings. The van der Waals surface area contributed by atoms with Crippen LogP contribution in [0.4, 0.5) is 0 Å². The average molecular weight is 237 g/mol. The molecule has 1 aromatic rings. The molecule has 94 valence electrons. The zero-order valence-electron chi connectivity index (χ0n) is 10.6. The van der Waals surface area contributed by atoms with Crippen LogP contribution in [-0.4, -0.2) is 38.2 Å². The Morgan fingerprint density at radius 2 is 1.88 bits per heavy atom. The summed E-state index contributed by atoms with van der Waals surface area (Å²) in [6, 6.07) is 7.71. The number of likely N-dealkylation sites (N-methyl/N-ethyl adjacent to an activating group) is 1. The van der Waals surface area contributed by atoms with Crippen molar-refractivity contribution < 1.29 is 14.3 Å². The third-order valence-electron chi connectivity index (χ3n) is 2.53. The first-order valence-corrected chi connectivity index (χ1v) is 5.61. The van der Waals surface area contributed by atoms with Gasteiger partial charge in [0.2, 0.25) is 5.91 Å². The Morgan fingerprint density at radius 1 is 1.24 bits per heavy atom. The second kappa shape index (κ2) is 6.91. The third kappa shape index (κ3) is 4.07.